The van der Waals surface area contributed by atoms with Gasteiger partial charge in [0.25, 0.3) is 5.91 Å². The quantitative estimate of drug-likeness (QED) is 0.869. The number of hydrogen-bond donors (Lipinski definition) is 1. The van der Waals surface area contributed by atoms with Gasteiger partial charge in [-0.15, -0.1) is 0 Å². The van der Waals surface area contributed by atoms with Gasteiger partial charge in [0, 0.05) is 0 Å². The Morgan fingerprint density at radius 1 is 1.50 bits per heavy atom. The van der Waals surface area contributed by atoms with Gasteiger partial charge >= 0.3 is 0 Å². The third-order valence-corrected chi connectivity index (χ3v) is 2.92. The highest BCUT2D eigenvalue weighted by Gasteiger charge is 2.24. The molecule has 0 saturated carbocycles. The van der Waals surface area contributed by atoms with Crippen LogP contribution in [-0.2, 0) is 11.2 Å². The first-order valence-electron chi connectivity index (χ1n) is 5.93. The van der Waals surface area contributed by atoms with Crippen molar-refractivity contribution in [1.29, 1.82) is 5.26 Å². The van der Waals surface area contributed by atoms with E-state index < -0.39 is 11.5 Å². The minimum Gasteiger partial charge on any atom is -0.479 e. The fraction of sp³-hybridized carbons (Fsp3) is 0.429. The summed E-state index contributed by atoms with van der Waals surface area (Å²) in [6.07, 6.45) is 0.182. The molecule has 0 radical (unpaired) electrons. The van der Waals surface area contributed by atoms with Gasteiger partial charge in [-0.25, -0.2) is 0 Å². The smallest absolute Gasteiger partial charge is 0.265 e. The number of fused-ring (bicyclic) bond motifs is 1. The van der Waals surface area contributed by atoms with Crippen molar-refractivity contribution in [2.75, 3.05) is 5.32 Å². The Labute approximate surface area is 107 Å². The monoisotopic (exact) mass is 244 g/mol. The summed E-state index contributed by atoms with van der Waals surface area (Å²) in [7, 11) is 0. The summed E-state index contributed by atoms with van der Waals surface area (Å²) in [6.45, 7) is 5.50. The van der Waals surface area contributed by atoms with Crippen molar-refractivity contribution in [2.24, 2.45) is 5.41 Å². The molecule has 94 valence electrons. The van der Waals surface area contributed by atoms with E-state index in [1.807, 2.05) is 32.0 Å². The summed E-state index contributed by atoms with van der Waals surface area (Å²) in [5.41, 5.74) is 1.28. The van der Waals surface area contributed by atoms with Gasteiger partial charge in [-0.3, -0.25) is 4.79 Å². The van der Waals surface area contributed by atoms with Crippen LogP contribution in [0.2, 0.25) is 0 Å². The second kappa shape index (κ2) is 4.34. The topological polar surface area (TPSA) is 62.1 Å². The molecule has 1 unspecified atom stereocenters. The molecular weight excluding hydrogens is 228 g/mol. The summed E-state index contributed by atoms with van der Waals surface area (Å²) in [5, 5.41) is 11.8. The van der Waals surface area contributed by atoms with Crippen LogP contribution in [0.25, 0.3) is 0 Å². The summed E-state index contributed by atoms with van der Waals surface area (Å²) in [4.78, 5) is 11.5. The zero-order chi connectivity index (χ0) is 13.3. The van der Waals surface area contributed by atoms with Crippen LogP contribution in [0.4, 0.5) is 5.69 Å². The van der Waals surface area contributed by atoms with E-state index in [2.05, 4.69) is 11.4 Å². The molecule has 0 aromatic heterocycles. The van der Waals surface area contributed by atoms with E-state index in [1.165, 1.54) is 0 Å². The molecule has 1 N–H and O–H groups in total. The summed E-state index contributed by atoms with van der Waals surface area (Å²) in [6, 6.07) is 7.91. The number of rotatable bonds is 2. The van der Waals surface area contributed by atoms with Crippen molar-refractivity contribution in [3.8, 4) is 11.8 Å². The molecule has 1 atom stereocenters. The molecule has 1 amide bonds. The molecule has 0 spiro atoms. The molecule has 1 heterocycles. The third kappa shape index (κ3) is 2.45. The normalized spacial score (nSPS) is 18.3. The molecule has 0 saturated heterocycles. The Kier molecular flexibility index (Phi) is 3.00. The van der Waals surface area contributed by atoms with Gasteiger partial charge in [0.15, 0.2) is 6.10 Å². The molecule has 1 aromatic carbocycles. The number of carbonyl (C=O) groups excluding carboxylic acids is 1. The Morgan fingerprint density at radius 2 is 2.22 bits per heavy atom. The molecule has 0 bridgehead atoms. The molecule has 4 nitrogen and oxygen atoms in total. The minimum absolute atomic E-state index is 0.140. The highest BCUT2D eigenvalue weighted by atomic mass is 16.5. The van der Waals surface area contributed by atoms with Crippen LogP contribution in [0.15, 0.2) is 18.2 Å². The molecule has 2 rings (SSSR count). The van der Waals surface area contributed by atoms with Gasteiger partial charge in [0.2, 0.25) is 0 Å². The lowest BCUT2D eigenvalue weighted by Crippen LogP contribution is -2.34. The first-order valence-corrected chi connectivity index (χ1v) is 5.93. The molecule has 0 fully saturated rings. The molecule has 4 heteroatoms. The largest absolute Gasteiger partial charge is 0.479 e. The van der Waals surface area contributed by atoms with Crippen LogP contribution in [0.5, 0.6) is 5.75 Å². The fourth-order valence-corrected chi connectivity index (χ4v) is 1.92. The number of nitrogens with one attached hydrogen (secondary N) is 1. The summed E-state index contributed by atoms with van der Waals surface area (Å²) >= 11 is 0. The van der Waals surface area contributed by atoms with Gasteiger partial charge in [-0.05, 0) is 44.9 Å². The highest BCUT2D eigenvalue weighted by molar-refractivity contribution is 5.97. The first kappa shape index (κ1) is 12.4. The van der Waals surface area contributed by atoms with E-state index in [0.29, 0.717) is 17.9 Å². The fourth-order valence-electron chi connectivity index (χ4n) is 1.92. The SMILES string of the molecule is CC1Oc2ccc(CC(C)(C)C#N)cc2NC1=O. The van der Waals surface area contributed by atoms with Crippen molar-refractivity contribution in [1.82, 2.24) is 0 Å². The average Bonchev–Trinajstić information content (AvgIpc) is 2.31. The van der Waals surface area contributed by atoms with Crippen LogP contribution < -0.4 is 10.1 Å². The Morgan fingerprint density at radius 3 is 2.89 bits per heavy atom. The highest BCUT2D eigenvalue weighted by Crippen LogP contribution is 2.32. The van der Waals surface area contributed by atoms with Crippen LogP contribution in [0, 0.1) is 16.7 Å². The maximum atomic E-state index is 11.5. The van der Waals surface area contributed by atoms with Gasteiger partial charge in [0.1, 0.15) is 5.75 Å². The van der Waals surface area contributed by atoms with E-state index in [4.69, 9.17) is 10.00 Å². The molecule has 1 aliphatic rings. The van der Waals surface area contributed by atoms with E-state index in [0.717, 1.165) is 5.56 Å². The lowest BCUT2D eigenvalue weighted by molar-refractivity contribution is -0.122. The van der Waals surface area contributed by atoms with Crippen LogP contribution in [-0.4, -0.2) is 12.0 Å². The number of anilines is 1. The number of ether oxygens (including phenoxy) is 1. The average molecular weight is 244 g/mol. The molecular formula is C14H16N2O2. The van der Waals surface area contributed by atoms with E-state index in [9.17, 15) is 4.79 Å². The van der Waals surface area contributed by atoms with Gasteiger partial charge < -0.3 is 10.1 Å². The van der Waals surface area contributed by atoms with E-state index in [1.54, 1.807) is 6.92 Å². The first-order chi connectivity index (χ1) is 8.41. The third-order valence-electron chi connectivity index (χ3n) is 2.92. The van der Waals surface area contributed by atoms with Gasteiger partial charge in [0.05, 0.1) is 17.2 Å². The Bertz CT molecular complexity index is 529. The molecule has 1 aliphatic heterocycles. The van der Waals surface area contributed by atoms with Crippen LogP contribution >= 0.6 is 0 Å². The number of benzene rings is 1. The van der Waals surface area contributed by atoms with Crippen molar-refractivity contribution in [3.05, 3.63) is 23.8 Å². The molecule has 18 heavy (non-hydrogen) atoms. The zero-order valence-corrected chi connectivity index (χ0v) is 10.8. The minimum atomic E-state index is -0.459. The van der Waals surface area contributed by atoms with Crippen molar-refractivity contribution in [2.45, 2.75) is 33.3 Å². The number of carbonyl (C=O) groups is 1. The van der Waals surface area contributed by atoms with Crippen molar-refractivity contribution in [3.63, 3.8) is 0 Å². The second-order valence-corrected chi connectivity index (χ2v) is 5.25. The standard InChI is InChI=1S/C14H16N2O2/c1-9-13(17)16-11-6-10(4-5-12(11)18-9)7-14(2,3)8-15/h4-6,9H,7H2,1-3H3,(H,16,17). The Balaban J connectivity index is 2.26. The maximum Gasteiger partial charge on any atom is 0.265 e. The number of hydrogen-bond acceptors (Lipinski definition) is 3. The number of amides is 1. The van der Waals surface area contributed by atoms with Crippen LogP contribution in [0.3, 0.4) is 0 Å². The number of nitrogens with zero attached hydrogens (tertiary/aromatic N) is 1. The van der Waals surface area contributed by atoms with Crippen molar-refractivity contribution < 1.29 is 9.53 Å². The predicted octanol–water partition coefficient (Wildman–Crippen LogP) is 2.50. The lowest BCUT2D eigenvalue weighted by Gasteiger charge is -2.24. The summed E-state index contributed by atoms with van der Waals surface area (Å²) in [5.74, 6) is 0.541. The predicted molar refractivity (Wildman–Crippen MR) is 68.3 cm³/mol. The second-order valence-electron chi connectivity index (χ2n) is 5.25. The molecule has 0 aliphatic carbocycles. The Hall–Kier alpha value is -2.02. The zero-order valence-electron chi connectivity index (χ0n) is 10.8. The van der Waals surface area contributed by atoms with Crippen molar-refractivity contribution >= 4 is 11.6 Å². The molecule has 1 aromatic rings. The van der Waals surface area contributed by atoms with Crippen LogP contribution in [0.1, 0.15) is 26.3 Å². The summed E-state index contributed by atoms with van der Waals surface area (Å²) < 4.78 is 5.48. The lowest BCUT2D eigenvalue weighted by atomic mass is 9.87. The van der Waals surface area contributed by atoms with Gasteiger partial charge in [-0.2, -0.15) is 5.26 Å². The van der Waals surface area contributed by atoms with E-state index in [-0.39, 0.29) is 5.91 Å². The number of nitriles is 1. The van der Waals surface area contributed by atoms with E-state index >= 15 is 0 Å². The van der Waals surface area contributed by atoms with Gasteiger partial charge in [-0.1, -0.05) is 6.07 Å². The maximum absolute atomic E-state index is 11.5.